The largest absolute Gasteiger partial charge is 0.464 e. The van der Waals surface area contributed by atoms with E-state index in [1.165, 1.54) is 12.8 Å². The predicted molar refractivity (Wildman–Crippen MR) is 70.5 cm³/mol. The molecule has 2 unspecified atom stereocenters. The molecule has 4 nitrogen and oxygen atoms in total. The second-order valence-electron chi connectivity index (χ2n) is 4.58. The zero-order chi connectivity index (χ0) is 13.1. The van der Waals surface area contributed by atoms with Crippen molar-refractivity contribution in [1.29, 1.82) is 0 Å². The molecule has 102 valence electrons. The van der Waals surface area contributed by atoms with Crippen LogP contribution in [0.4, 0.5) is 0 Å². The number of carbonyl (C=O) groups excluding carboxylic acids is 1. The van der Waals surface area contributed by atoms with Crippen molar-refractivity contribution in [2.75, 3.05) is 13.2 Å². The third-order valence-electron chi connectivity index (χ3n) is 3.03. The molecule has 0 aromatic heterocycles. The smallest absolute Gasteiger partial charge is 0.322 e. The Balaban J connectivity index is 3.78. The maximum atomic E-state index is 11.6. The summed E-state index contributed by atoms with van der Waals surface area (Å²) in [6, 6.07) is -0.512. The summed E-state index contributed by atoms with van der Waals surface area (Å²) in [6.07, 6.45) is 5.92. The molecule has 0 heterocycles. The van der Waals surface area contributed by atoms with Gasteiger partial charge in [0.2, 0.25) is 0 Å². The molecule has 0 saturated heterocycles. The first-order chi connectivity index (χ1) is 8.15. The minimum Gasteiger partial charge on any atom is -0.464 e. The summed E-state index contributed by atoms with van der Waals surface area (Å²) < 4.78 is 5.25. The van der Waals surface area contributed by atoms with Gasteiger partial charge in [0.15, 0.2) is 0 Å². The molecule has 0 aliphatic heterocycles. The predicted octanol–water partition coefficient (Wildman–Crippen LogP) is 1.81. The van der Waals surface area contributed by atoms with Crippen LogP contribution in [0.25, 0.3) is 0 Å². The SMILES string of the molecule is CCCCC(CC)COC(=O)C(N)CCCN. The quantitative estimate of drug-likeness (QED) is 0.574. The summed E-state index contributed by atoms with van der Waals surface area (Å²) in [6.45, 7) is 5.37. The van der Waals surface area contributed by atoms with E-state index in [0.717, 1.165) is 19.3 Å². The molecule has 0 aromatic carbocycles. The molecule has 0 radical (unpaired) electrons. The van der Waals surface area contributed by atoms with Crippen molar-refractivity contribution in [1.82, 2.24) is 0 Å². The van der Waals surface area contributed by atoms with Gasteiger partial charge >= 0.3 is 5.97 Å². The molecule has 4 N–H and O–H groups in total. The van der Waals surface area contributed by atoms with Crippen molar-refractivity contribution in [3.05, 3.63) is 0 Å². The number of hydrogen-bond acceptors (Lipinski definition) is 4. The van der Waals surface area contributed by atoms with E-state index in [-0.39, 0.29) is 5.97 Å². The van der Waals surface area contributed by atoms with Crippen LogP contribution < -0.4 is 11.5 Å². The van der Waals surface area contributed by atoms with Crippen molar-refractivity contribution >= 4 is 5.97 Å². The Kier molecular flexibility index (Phi) is 10.2. The Bertz CT molecular complexity index is 198. The number of rotatable bonds is 10. The lowest BCUT2D eigenvalue weighted by atomic mass is 10.0. The summed E-state index contributed by atoms with van der Waals surface area (Å²) in [5, 5.41) is 0. The summed E-state index contributed by atoms with van der Waals surface area (Å²) in [5.74, 6) is 0.189. The summed E-state index contributed by atoms with van der Waals surface area (Å²) >= 11 is 0. The minimum absolute atomic E-state index is 0.284. The summed E-state index contributed by atoms with van der Waals surface area (Å²) in [4.78, 5) is 11.6. The topological polar surface area (TPSA) is 78.3 Å². The fourth-order valence-electron chi connectivity index (χ4n) is 1.66. The first-order valence-corrected chi connectivity index (χ1v) is 6.77. The Morgan fingerprint density at radius 2 is 1.94 bits per heavy atom. The van der Waals surface area contributed by atoms with E-state index >= 15 is 0 Å². The van der Waals surface area contributed by atoms with Gasteiger partial charge < -0.3 is 16.2 Å². The van der Waals surface area contributed by atoms with Gasteiger partial charge in [0.05, 0.1) is 6.61 Å². The van der Waals surface area contributed by atoms with Gasteiger partial charge in [-0.3, -0.25) is 4.79 Å². The maximum absolute atomic E-state index is 11.6. The van der Waals surface area contributed by atoms with Gasteiger partial charge in [-0.25, -0.2) is 0 Å². The van der Waals surface area contributed by atoms with Crippen LogP contribution >= 0.6 is 0 Å². The number of ether oxygens (including phenoxy) is 1. The summed E-state index contributed by atoms with van der Waals surface area (Å²) in [5.41, 5.74) is 11.1. The van der Waals surface area contributed by atoms with Crippen LogP contribution in [0.5, 0.6) is 0 Å². The van der Waals surface area contributed by atoms with Crippen molar-refractivity contribution in [2.45, 2.75) is 58.4 Å². The molecular weight excluding hydrogens is 216 g/mol. The molecule has 0 aromatic rings. The van der Waals surface area contributed by atoms with Gasteiger partial charge in [0.25, 0.3) is 0 Å². The zero-order valence-corrected chi connectivity index (χ0v) is 11.3. The fourth-order valence-corrected chi connectivity index (χ4v) is 1.66. The van der Waals surface area contributed by atoms with Crippen molar-refractivity contribution in [3.8, 4) is 0 Å². The van der Waals surface area contributed by atoms with Crippen LogP contribution in [0.2, 0.25) is 0 Å². The van der Waals surface area contributed by atoms with Crippen LogP contribution in [0.15, 0.2) is 0 Å². The third kappa shape index (κ3) is 8.16. The molecule has 2 atom stereocenters. The highest BCUT2D eigenvalue weighted by Crippen LogP contribution is 2.13. The average molecular weight is 244 g/mol. The van der Waals surface area contributed by atoms with E-state index in [0.29, 0.717) is 25.5 Å². The Morgan fingerprint density at radius 1 is 1.24 bits per heavy atom. The second-order valence-corrected chi connectivity index (χ2v) is 4.58. The Morgan fingerprint density at radius 3 is 2.47 bits per heavy atom. The minimum atomic E-state index is -0.512. The molecular formula is C13H28N2O2. The lowest BCUT2D eigenvalue weighted by Gasteiger charge is -2.16. The van der Waals surface area contributed by atoms with Gasteiger partial charge in [-0.05, 0) is 31.7 Å². The van der Waals surface area contributed by atoms with Crippen LogP contribution in [-0.4, -0.2) is 25.2 Å². The first-order valence-electron chi connectivity index (χ1n) is 6.77. The highest BCUT2D eigenvalue weighted by Gasteiger charge is 2.16. The highest BCUT2D eigenvalue weighted by molar-refractivity contribution is 5.75. The van der Waals surface area contributed by atoms with Crippen molar-refractivity contribution in [3.63, 3.8) is 0 Å². The van der Waals surface area contributed by atoms with E-state index in [1.54, 1.807) is 0 Å². The molecule has 0 fully saturated rings. The van der Waals surface area contributed by atoms with Gasteiger partial charge in [0.1, 0.15) is 6.04 Å². The molecule has 4 heteroatoms. The molecule has 0 amide bonds. The maximum Gasteiger partial charge on any atom is 0.322 e. The van der Waals surface area contributed by atoms with Gasteiger partial charge in [0, 0.05) is 0 Å². The van der Waals surface area contributed by atoms with Crippen molar-refractivity contribution in [2.24, 2.45) is 17.4 Å². The van der Waals surface area contributed by atoms with E-state index < -0.39 is 6.04 Å². The number of esters is 1. The van der Waals surface area contributed by atoms with E-state index in [9.17, 15) is 4.79 Å². The van der Waals surface area contributed by atoms with Crippen LogP contribution in [0.3, 0.4) is 0 Å². The van der Waals surface area contributed by atoms with Gasteiger partial charge in [-0.15, -0.1) is 0 Å². The normalized spacial score (nSPS) is 14.4. The highest BCUT2D eigenvalue weighted by atomic mass is 16.5. The molecule has 0 aliphatic carbocycles. The molecule has 0 spiro atoms. The molecule has 17 heavy (non-hydrogen) atoms. The van der Waals surface area contributed by atoms with Crippen LogP contribution in [-0.2, 0) is 9.53 Å². The monoisotopic (exact) mass is 244 g/mol. The molecule has 0 bridgehead atoms. The molecule has 0 rings (SSSR count). The molecule has 0 aliphatic rings. The lowest BCUT2D eigenvalue weighted by molar-refractivity contribution is -0.146. The number of unbranched alkanes of at least 4 members (excludes halogenated alkanes) is 1. The zero-order valence-electron chi connectivity index (χ0n) is 11.3. The Labute approximate surface area is 105 Å². The fraction of sp³-hybridized carbons (Fsp3) is 0.923. The standard InChI is InChI=1S/C13H28N2O2/c1-3-5-7-11(4-2)10-17-13(16)12(15)8-6-9-14/h11-12H,3-10,14-15H2,1-2H3. The van der Waals surface area contributed by atoms with Crippen molar-refractivity contribution < 1.29 is 9.53 Å². The average Bonchev–Trinajstić information content (AvgIpc) is 2.35. The lowest BCUT2D eigenvalue weighted by Crippen LogP contribution is -2.33. The number of nitrogens with two attached hydrogens (primary N) is 2. The second kappa shape index (κ2) is 10.5. The first kappa shape index (κ1) is 16.4. The van der Waals surface area contributed by atoms with E-state index in [2.05, 4.69) is 13.8 Å². The van der Waals surface area contributed by atoms with E-state index in [1.807, 2.05) is 0 Å². The molecule has 0 saturated carbocycles. The summed E-state index contributed by atoms with van der Waals surface area (Å²) in [7, 11) is 0. The Hall–Kier alpha value is -0.610. The van der Waals surface area contributed by atoms with Gasteiger partial charge in [-0.2, -0.15) is 0 Å². The third-order valence-corrected chi connectivity index (χ3v) is 3.03. The van der Waals surface area contributed by atoms with Crippen LogP contribution in [0.1, 0.15) is 52.4 Å². The number of hydrogen-bond donors (Lipinski definition) is 2. The van der Waals surface area contributed by atoms with E-state index in [4.69, 9.17) is 16.2 Å². The number of carbonyl (C=O) groups is 1. The van der Waals surface area contributed by atoms with Crippen LogP contribution in [0, 0.1) is 5.92 Å². The van der Waals surface area contributed by atoms with Gasteiger partial charge in [-0.1, -0.05) is 33.1 Å².